The van der Waals surface area contributed by atoms with Gasteiger partial charge < -0.3 is 9.84 Å². The molecule has 2 aromatic heterocycles. The Morgan fingerprint density at radius 2 is 1.67 bits per heavy atom. The van der Waals surface area contributed by atoms with E-state index in [4.69, 9.17) is 4.74 Å². The molecule has 0 radical (unpaired) electrons. The topological polar surface area (TPSA) is 29.5 Å². The zero-order valence-electron chi connectivity index (χ0n) is 12.7. The van der Waals surface area contributed by atoms with Gasteiger partial charge in [0.25, 0.3) is 0 Å². The molecule has 0 saturated heterocycles. The van der Waals surface area contributed by atoms with E-state index in [-0.39, 0.29) is 6.61 Å². The van der Waals surface area contributed by atoms with Crippen molar-refractivity contribution in [3.63, 3.8) is 0 Å². The Morgan fingerprint density at radius 1 is 1.05 bits per heavy atom. The molecule has 1 aliphatic carbocycles. The molecule has 0 aromatic carbocycles. The van der Waals surface area contributed by atoms with Crippen LogP contribution >= 0.6 is 22.7 Å². The number of hydrogen-bond acceptors (Lipinski definition) is 4. The van der Waals surface area contributed by atoms with E-state index in [2.05, 4.69) is 26.0 Å². The Labute approximate surface area is 133 Å². The predicted octanol–water partition coefficient (Wildman–Crippen LogP) is 5.02. The summed E-state index contributed by atoms with van der Waals surface area (Å²) in [6.07, 6.45) is 3.49. The number of aryl methyl sites for hydroxylation is 2. The van der Waals surface area contributed by atoms with Crippen LogP contribution in [-0.2, 0) is 6.61 Å². The first-order valence-corrected chi connectivity index (χ1v) is 8.84. The molecule has 0 bridgehead atoms. The normalized spacial score (nSPS) is 15.0. The highest BCUT2D eigenvalue weighted by molar-refractivity contribution is 7.14. The predicted molar refractivity (Wildman–Crippen MR) is 91.3 cm³/mol. The van der Waals surface area contributed by atoms with Crippen LogP contribution in [0.5, 0.6) is 5.06 Å². The molecule has 0 saturated carbocycles. The fourth-order valence-corrected chi connectivity index (χ4v) is 4.90. The summed E-state index contributed by atoms with van der Waals surface area (Å²) in [5.74, 6) is 0. The summed E-state index contributed by atoms with van der Waals surface area (Å²) in [6, 6.07) is 4.34. The van der Waals surface area contributed by atoms with Crippen molar-refractivity contribution >= 4 is 33.8 Å². The largest absolute Gasteiger partial charge is 0.487 e. The minimum absolute atomic E-state index is 0.138. The fourth-order valence-electron chi connectivity index (χ4n) is 3.11. The number of aliphatic hydroxyl groups excluding tert-OH is 1. The Hall–Kier alpha value is -1.10. The number of methoxy groups -OCH3 is 1. The lowest BCUT2D eigenvalue weighted by Crippen LogP contribution is -1.86. The van der Waals surface area contributed by atoms with Crippen LogP contribution in [0.1, 0.15) is 45.0 Å². The van der Waals surface area contributed by atoms with E-state index < -0.39 is 0 Å². The van der Waals surface area contributed by atoms with Crippen LogP contribution in [0.15, 0.2) is 12.1 Å². The van der Waals surface area contributed by atoms with Crippen LogP contribution in [0.3, 0.4) is 0 Å². The second-order valence-electron chi connectivity index (χ2n) is 5.39. The highest BCUT2D eigenvalue weighted by Crippen LogP contribution is 2.45. The van der Waals surface area contributed by atoms with Gasteiger partial charge in [0.2, 0.25) is 0 Å². The van der Waals surface area contributed by atoms with Crippen molar-refractivity contribution in [1.29, 1.82) is 0 Å². The molecule has 0 unspecified atom stereocenters. The molecule has 0 aliphatic heterocycles. The molecule has 2 heterocycles. The average Bonchev–Trinajstić information content (AvgIpc) is 3.16. The summed E-state index contributed by atoms with van der Waals surface area (Å²) < 4.78 is 5.39. The summed E-state index contributed by atoms with van der Waals surface area (Å²) in [6.45, 7) is 4.47. The van der Waals surface area contributed by atoms with Gasteiger partial charge >= 0.3 is 0 Å². The zero-order valence-corrected chi connectivity index (χ0v) is 14.3. The first kappa shape index (κ1) is 14.8. The SMILES string of the molecule is COc1cc(C2=C(c3cc(CO)sc3C)CCC2)c(C)s1. The monoisotopic (exact) mass is 320 g/mol. The lowest BCUT2D eigenvalue weighted by atomic mass is 9.98. The van der Waals surface area contributed by atoms with Crippen molar-refractivity contribution < 1.29 is 9.84 Å². The van der Waals surface area contributed by atoms with E-state index in [0.29, 0.717) is 0 Å². The fraction of sp³-hybridized carbons (Fsp3) is 0.412. The van der Waals surface area contributed by atoms with E-state index in [1.807, 2.05) is 0 Å². The number of allylic oxidation sites excluding steroid dienone is 2. The molecule has 3 rings (SSSR count). The van der Waals surface area contributed by atoms with Gasteiger partial charge in [-0.25, -0.2) is 0 Å². The first-order chi connectivity index (χ1) is 10.1. The molecular formula is C17H20O2S2. The van der Waals surface area contributed by atoms with E-state index in [9.17, 15) is 5.11 Å². The maximum atomic E-state index is 9.36. The molecule has 112 valence electrons. The third-order valence-electron chi connectivity index (χ3n) is 4.09. The van der Waals surface area contributed by atoms with Gasteiger partial charge in [-0.1, -0.05) is 0 Å². The Balaban J connectivity index is 2.09. The van der Waals surface area contributed by atoms with Crippen LogP contribution in [0, 0.1) is 13.8 Å². The number of ether oxygens (including phenoxy) is 1. The van der Waals surface area contributed by atoms with Crippen molar-refractivity contribution in [2.24, 2.45) is 0 Å². The van der Waals surface area contributed by atoms with Gasteiger partial charge in [0.05, 0.1) is 13.7 Å². The van der Waals surface area contributed by atoms with Gasteiger partial charge in [-0.2, -0.15) is 0 Å². The highest BCUT2D eigenvalue weighted by Gasteiger charge is 2.22. The molecule has 1 aliphatic rings. The maximum absolute atomic E-state index is 9.36. The van der Waals surface area contributed by atoms with Crippen LogP contribution in [-0.4, -0.2) is 12.2 Å². The molecule has 0 fully saturated rings. The zero-order chi connectivity index (χ0) is 15.0. The quantitative estimate of drug-likeness (QED) is 0.857. The second-order valence-corrected chi connectivity index (χ2v) is 7.95. The van der Waals surface area contributed by atoms with E-state index in [1.54, 1.807) is 29.8 Å². The summed E-state index contributed by atoms with van der Waals surface area (Å²) in [5.41, 5.74) is 5.62. The molecule has 0 spiro atoms. The summed E-state index contributed by atoms with van der Waals surface area (Å²) in [7, 11) is 1.73. The van der Waals surface area contributed by atoms with Crippen molar-refractivity contribution in [3.8, 4) is 5.06 Å². The Bertz CT molecular complexity index is 633. The highest BCUT2D eigenvalue weighted by atomic mass is 32.1. The Morgan fingerprint density at radius 3 is 2.19 bits per heavy atom. The van der Waals surface area contributed by atoms with Gasteiger partial charge in [0, 0.05) is 14.6 Å². The first-order valence-electron chi connectivity index (χ1n) is 7.21. The van der Waals surface area contributed by atoms with Crippen LogP contribution in [0.2, 0.25) is 0 Å². The molecule has 1 N–H and O–H groups in total. The molecule has 2 nitrogen and oxygen atoms in total. The van der Waals surface area contributed by atoms with E-state index in [1.165, 1.54) is 38.4 Å². The molecule has 0 atom stereocenters. The third kappa shape index (κ3) is 2.68. The molecular weight excluding hydrogens is 300 g/mol. The van der Waals surface area contributed by atoms with Gasteiger partial charge in [-0.3, -0.25) is 0 Å². The van der Waals surface area contributed by atoms with Crippen LogP contribution in [0.25, 0.3) is 11.1 Å². The third-order valence-corrected chi connectivity index (χ3v) is 6.14. The number of rotatable bonds is 4. The minimum Gasteiger partial charge on any atom is -0.487 e. The second kappa shape index (κ2) is 5.95. The lowest BCUT2D eigenvalue weighted by Gasteiger charge is -2.07. The average molecular weight is 320 g/mol. The summed E-state index contributed by atoms with van der Waals surface area (Å²) in [5, 5.41) is 10.3. The standard InChI is InChI=1S/C17H20O2S2/c1-10-15(7-12(9-18)20-10)13-5-4-6-14(13)16-8-17(19-3)21-11(16)2/h7-8,18H,4-6,9H2,1-3H3. The van der Waals surface area contributed by atoms with Gasteiger partial charge in [-0.05, 0) is 67.5 Å². The van der Waals surface area contributed by atoms with Crippen LogP contribution < -0.4 is 4.74 Å². The number of thiophene rings is 2. The molecule has 2 aromatic rings. The molecule has 21 heavy (non-hydrogen) atoms. The molecule has 0 amide bonds. The lowest BCUT2D eigenvalue weighted by molar-refractivity contribution is 0.285. The van der Waals surface area contributed by atoms with Crippen molar-refractivity contribution in [3.05, 3.63) is 37.9 Å². The van der Waals surface area contributed by atoms with Gasteiger partial charge in [0.1, 0.15) is 0 Å². The summed E-state index contributed by atoms with van der Waals surface area (Å²) in [4.78, 5) is 3.70. The maximum Gasteiger partial charge on any atom is 0.174 e. The minimum atomic E-state index is 0.138. The number of aliphatic hydroxyl groups is 1. The van der Waals surface area contributed by atoms with Crippen molar-refractivity contribution in [2.75, 3.05) is 7.11 Å². The molecule has 4 heteroatoms. The van der Waals surface area contributed by atoms with Crippen molar-refractivity contribution in [1.82, 2.24) is 0 Å². The van der Waals surface area contributed by atoms with Crippen LogP contribution in [0.4, 0.5) is 0 Å². The Kier molecular flexibility index (Phi) is 4.20. The van der Waals surface area contributed by atoms with Gasteiger partial charge in [0.15, 0.2) is 5.06 Å². The number of hydrogen-bond donors (Lipinski definition) is 1. The summed E-state index contributed by atoms with van der Waals surface area (Å²) >= 11 is 3.42. The van der Waals surface area contributed by atoms with E-state index in [0.717, 1.165) is 22.8 Å². The van der Waals surface area contributed by atoms with E-state index >= 15 is 0 Å². The van der Waals surface area contributed by atoms with Gasteiger partial charge in [-0.15, -0.1) is 22.7 Å². The van der Waals surface area contributed by atoms with Crippen molar-refractivity contribution in [2.45, 2.75) is 39.7 Å². The smallest absolute Gasteiger partial charge is 0.174 e.